The van der Waals surface area contributed by atoms with Gasteiger partial charge in [-0.2, -0.15) is 0 Å². The SMILES string of the molecule is Cc1ccccc1/C=C/C(=O)NCCCNC(=O)CNC(=O)OC(C)(C)C. The van der Waals surface area contributed by atoms with Gasteiger partial charge in [-0.1, -0.05) is 24.3 Å². The first kappa shape index (κ1) is 22.2. The van der Waals surface area contributed by atoms with E-state index in [4.69, 9.17) is 4.74 Å². The molecular weight excluding hydrogens is 346 g/mol. The fraction of sp³-hybridized carbons (Fsp3) is 0.450. The Labute approximate surface area is 160 Å². The van der Waals surface area contributed by atoms with Gasteiger partial charge in [0.15, 0.2) is 0 Å². The van der Waals surface area contributed by atoms with Crippen molar-refractivity contribution in [2.45, 2.75) is 39.7 Å². The van der Waals surface area contributed by atoms with Gasteiger partial charge in [0.1, 0.15) is 5.60 Å². The molecular formula is C20H29N3O4. The van der Waals surface area contributed by atoms with Gasteiger partial charge >= 0.3 is 6.09 Å². The molecule has 0 aromatic heterocycles. The number of benzene rings is 1. The molecule has 148 valence electrons. The Morgan fingerprint density at radius 2 is 1.70 bits per heavy atom. The quantitative estimate of drug-likeness (QED) is 0.479. The lowest BCUT2D eigenvalue weighted by Crippen LogP contribution is -2.40. The molecule has 1 aromatic carbocycles. The van der Waals surface area contributed by atoms with Crippen LogP contribution in [0.5, 0.6) is 0 Å². The molecule has 3 N–H and O–H groups in total. The fourth-order valence-corrected chi connectivity index (χ4v) is 2.06. The number of alkyl carbamates (subject to hydrolysis) is 1. The van der Waals surface area contributed by atoms with Gasteiger partial charge < -0.3 is 20.7 Å². The highest BCUT2D eigenvalue weighted by Gasteiger charge is 2.16. The van der Waals surface area contributed by atoms with Gasteiger partial charge in [0.05, 0.1) is 6.54 Å². The van der Waals surface area contributed by atoms with Crippen molar-refractivity contribution < 1.29 is 19.1 Å². The molecule has 0 spiro atoms. The molecule has 0 fully saturated rings. The van der Waals surface area contributed by atoms with E-state index in [1.807, 2.05) is 31.2 Å². The molecule has 1 aromatic rings. The summed E-state index contributed by atoms with van der Waals surface area (Å²) in [5, 5.41) is 7.80. The van der Waals surface area contributed by atoms with Crippen LogP contribution in [0.2, 0.25) is 0 Å². The summed E-state index contributed by atoms with van der Waals surface area (Å²) in [7, 11) is 0. The van der Waals surface area contributed by atoms with Crippen LogP contribution in [0.4, 0.5) is 4.79 Å². The Bertz CT molecular complexity index is 678. The molecule has 0 atom stereocenters. The minimum absolute atomic E-state index is 0.152. The lowest BCUT2D eigenvalue weighted by molar-refractivity contribution is -0.120. The molecule has 27 heavy (non-hydrogen) atoms. The third kappa shape index (κ3) is 10.7. The smallest absolute Gasteiger partial charge is 0.408 e. The molecule has 0 aliphatic carbocycles. The zero-order valence-electron chi connectivity index (χ0n) is 16.4. The van der Waals surface area contributed by atoms with E-state index in [1.54, 1.807) is 26.8 Å². The minimum Gasteiger partial charge on any atom is -0.444 e. The average molecular weight is 375 g/mol. The Morgan fingerprint density at radius 1 is 1.04 bits per heavy atom. The second-order valence-corrected chi connectivity index (χ2v) is 7.04. The Hall–Kier alpha value is -2.83. The maximum Gasteiger partial charge on any atom is 0.408 e. The monoisotopic (exact) mass is 375 g/mol. The van der Waals surface area contributed by atoms with Crippen molar-refractivity contribution in [1.29, 1.82) is 0 Å². The Morgan fingerprint density at radius 3 is 2.37 bits per heavy atom. The number of aryl methyl sites for hydroxylation is 1. The lowest BCUT2D eigenvalue weighted by atomic mass is 10.1. The standard InChI is InChI=1S/C20H29N3O4/c1-15-8-5-6-9-16(15)10-11-17(24)21-12-7-13-22-18(25)14-23-19(26)27-20(2,3)4/h5-6,8-11H,7,12-14H2,1-4H3,(H,21,24)(H,22,25)(H,23,26)/b11-10+. The number of ether oxygens (including phenoxy) is 1. The third-order valence-electron chi connectivity index (χ3n) is 3.37. The minimum atomic E-state index is -0.634. The molecule has 0 aliphatic rings. The van der Waals surface area contributed by atoms with E-state index in [-0.39, 0.29) is 18.4 Å². The Balaban J connectivity index is 2.14. The Kier molecular flexibility index (Phi) is 9.05. The molecule has 0 unspecified atom stereocenters. The molecule has 0 heterocycles. The molecule has 0 bridgehead atoms. The van der Waals surface area contributed by atoms with Crippen molar-refractivity contribution in [1.82, 2.24) is 16.0 Å². The molecule has 1 rings (SSSR count). The third-order valence-corrected chi connectivity index (χ3v) is 3.37. The van der Waals surface area contributed by atoms with Crippen molar-refractivity contribution in [2.75, 3.05) is 19.6 Å². The number of hydrogen-bond acceptors (Lipinski definition) is 4. The van der Waals surface area contributed by atoms with Crippen molar-refractivity contribution in [3.63, 3.8) is 0 Å². The highest BCUT2D eigenvalue weighted by atomic mass is 16.6. The topological polar surface area (TPSA) is 96.5 Å². The summed E-state index contributed by atoms with van der Waals surface area (Å²) in [4.78, 5) is 34.8. The predicted octanol–water partition coefficient (Wildman–Crippen LogP) is 2.16. The first-order chi connectivity index (χ1) is 12.7. The fourth-order valence-electron chi connectivity index (χ4n) is 2.06. The number of rotatable bonds is 8. The van der Waals surface area contributed by atoms with Crippen LogP contribution in [0.15, 0.2) is 30.3 Å². The molecule has 7 nitrogen and oxygen atoms in total. The van der Waals surface area contributed by atoms with E-state index in [9.17, 15) is 14.4 Å². The van der Waals surface area contributed by atoms with Crippen LogP contribution in [-0.4, -0.2) is 43.1 Å². The number of amides is 3. The van der Waals surface area contributed by atoms with Gasteiger partial charge in [0.25, 0.3) is 0 Å². The van der Waals surface area contributed by atoms with Crippen LogP contribution < -0.4 is 16.0 Å². The molecule has 0 radical (unpaired) electrons. The molecule has 3 amide bonds. The number of carbonyl (C=O) groups is 3. The van der Waals surface area contributed by atoms with Crippen LogP contribution in [0.3, 0.4) is 0 Å². The summed E-state index contributed by atoms with van der Waals surface area (Å²) in [5.41, 5.74) is 1.49. The van der Waals surface area contributed by atoms with Crippen LogP contribution >= 0.6 is 0 Å². The van der Waals surface area contributed by atoms with E-state index in [1.165, 1.54) is 6.08 Å². The van der Waals surface area contributed by atoms with Crippen LogP contribution in [0.25, 0.3) is 6.08 Å². The highest BCUT2D eigenvalue weighted by molar-refractivity contribution is 5.91. The first-order valence-electron chi connectivity index (χ1n) is 8.92. The van der Waals surface area contributed by atoms with E-state index in [0.717, 1.165) is 11.1 Å². The van der Waals surface area contributed by atoms with Crippen molar-refractivity contribution in [2.24, 2.45) is 0 Å². The van der Waals surface area contributed by atoms with Crippen LogP contribution in [-0.2, 0) is 14.3 Å². The summed E-state index contributed by atoms with van der Waals surface area (Å²) < 4.78 is 5.04. The van der Waals surface area contributed by atoms with E-state index in [0.29, 0.717) is 19.5 Å². The summed E-state index contributed by atoms with van der Waals surface area (Å²) in [6.07, 6.45) is 3.22. The second kappa shape index (κ2) is 11.0. The number of hydrogen-bond donors (Lipinski definition) is 3. The largest absolute Gasteiger partial charge is 0.444 e. The van der Waals surface area contributed by atoms with Gasteiger partial charge in [0.2, 0.25) is 11.8 Å². The van der Waals surface area contributed by atoms with E-state index < -0.39 is 11.7 Å². The molecule has 0 aliphatic heterocycles. The summed E-state index contributed by atoms with van der Waals surface area (Å²) in [6, 6.07) is 7.80. The second-order valence-electron chi connectivity index (χ2n) is 7.04. The maximum atomic E-state index is 11.8. The predicted molar refractivity (Wildman–Crippen MR) is 105 cm³/mol. The lowest BCUT2D eigenvalue weighted by Gasteiger charge is -2.19. The number of nitrogens with one attached hydrogen (secondary N) is 3. The first-order valence-corrected chi connectivity index (χ1v) is 8.92. The van der Waals surface area contributed by atoms with E-state index in [2.05, 4.69) is 16.0 Å². The molecule has 0 saturated carbocycles. The molecule has 0 saturated heterocycles. The van der Waals surface area contributed by atoms with Crippen LogP contribution in [0, 0.1) is 6.92 Å². The summed E-state index contributed by atoms with van der Waals surface area (Å²) >= 11 is 0. The van der Waals surface area contributed by atoms with Crippen molar-refractivity contribution >= 4 is 24.0 Å². The molecule has 7 heteroatoms. The summed E-state index contributed by atoms with van der Waals surface area (Å²) in [6.45, 7) is 7.91. The zero-order valence-corrected chi connectivity index (χ0v) is 16.4. The van der Waals surface area contributed by atoms with Crippen molar-refractivity contribution in [3.8, 4) is 0 Å². The zero-order chi connectivity index (χ0) is 20.3. The van der Waals surface area contributed by atoms with Gasteiger partial charge in [-0.25, -0.2) is 4.79 Å². The van der Waals surface area contributed by atoms with Gasteiger partial charge in [0, 0.05) is 19.2 Å². The summed E-state index contributed by atoms with van der Waals surface area (Å²) in [5.74, 6) is -0.497. The van der Waals surface area contributed by atoms with Gasteiger partial charge in [-0.15, -0.1) is 0 Å². The van der Waals surface area contributed by atoms with Gasteiger partial charge in [-0.05, 0) is 51.3 Å². The van der Waals surface area contributed by atoms with Gasteiger partial charge in [-0.3, -0.25) is 9.59 Å². The average Bonchev–Trinajstić information content (AvgIpc) is 2.57. The maximum absolute atomic E-state index is 11.8. The normalized spacial score (nSPS) is 11.1. The highest BCUT2D eigenvalue weighted by Crippen LogP contribution is 2.08. The van der Waals surface area contributed by atoms with Crippen LogP contribution in [0.1, 0.15) is 38.3 Å². The number of carbonyl (C=O) groups excluding carboxylic acids is 3. The van der Waals surface area contributed by atoms with Crippen molar-refractivity contribution in [3.05, 3.63) is 41.5 Å². The van der Waals surface area contributed by atoms with E-state index >= 15 is 0 Å².